The number of alkyl halides is 3. The van der Waals surface area contributed by atoms with Gasteiger partial charge < -0.3 is 9.84 Å². The van der Waals surface area contributed by atoms with E-state index in [4.69, 9.17) is 14.6 Å². The van der Waals surface area contributed by atoms with Gasteiger partial charge in [-0.2, -0.15) is 13.2 Å². The molecule has 11 nitrogen and oxygen atoms in total. The number of ether oxygens (including phenoxy) is 1. The molecule has 0 fully saturated rings. The summed E-state index contributed by atoms with van der Waals surface area (Å²) in [5.74, 6) is -5.21. The fourth-order valence-corrected chi connectivity index (χ4v) is 5.15. The smallest absolute Gasteiger partial charge is 0.475 e. The molecule has 0 amide bonds. The standard InChI is InChI=1S/C24H24F2N6O3S.C2HF3O2/c1-14-8-9-27-19(10-14)24-31-30-20(32(24)21-17(25)6-5-7-18(21)26)13-36(33,34)16(3)22(35-4)23-28-11-15(2)12-29-23;3-2(4,5)1(6)7/h5-12,16,22H,13H2,1-4H3;(H,6,7)/t16-,22-;/m0./s1. The van der Waals surface area contributed by atoms with Crippen molar-refractivity contribution in [2.24, 2.45) is 0 Å². The second-order valence-corrected chi connectivity index (χ2v) is 11.5. The fourth-order valence-electron chi connectivity index (χ4n) is 3.73. The van der Waals surface area contributed by atoms with Crippen LogP contribution in [0.5, 0.6) is 0 Å². The van der Waals surface area contributed by atoms with Crippen molar-refractivity contribution in [2.75, 3.05) is 7.11 Å². The predicted octanol–water partition coefficient (Wildman–Crippen LogP) is 4.34. The Balaban J connectivity index is 0.000000646. The lowest BCUT2D eigenvalue weighted by Gasteiger charge is -2.21. The normalized spacial score (nSPS) is 13.1. The first-order valence-corrected chi connectivity index (χ1v) is 13.9. The van der Waals surface area contributed by atoms with E-state index in [1.807, 2.05) is 6.92 Å². The zero-order chi connectivity index (χ0) is 32.1. The number of methoxy groups -OCH3 is 1. The van der Waals surface area contributed by atoms with Gasteiger partial charge in [-0.05, 0) is 56.2 Å². The van der Waals surface area contributed by atoms with Crippen molar-refractivity contribution in [3.05, 3.63) is 83.3 Å². The number of para-hydroxylation sites is 1. The zero-order valence-electron chi connectivity index (χ0n) is 23.0. The lowest BCUT2D eigenvalue weighted by molar-refractivity contribution is -0.192. The maximum absolute atomic E-state index is 14.9. The number of carboxylic acid groups (broad SMARTS) is 1. The number of carbonyl (C=O) groups is 1. The summed E-state index contributed by atoms with van der Waals surface area (Å²) in [6, 6.07) is 6.77. The van der Waals surface area contributed by atoms with Gasteiger partial charge in [-0.1, -0.05) is 6.07 Å². The number of aromatic nitrogens is 6. The number of hydrogen-bond acceptors (Lipinski definition) is 9. The number of pyridine rings is 1. The number of halogens is 5. The highest BCUT2D eigenvalue weighted by atomic mass is 32.2. The van der Waals surface area contributed by atoms with Crippen molar-refractivity contribution >= 4 is 15.8 Å². The van der Waals surface area contributed by atoms with Crippen LogP contribution in [0.1, 0.15) is 35.8 Å². The van der Waals surface area contributed by atoms with E-state index in [9.17, 15) is 30.4 Å². The Kier molecular flexibility index (Phi) is 10.2. The van der Waals surface area contributed by atoms with E-state index in [1.54, 1.807) is 31.5 Å². The molecule has 230 valence electrons. The molecule has 1 aromatic carbocycles. The van der Waals surface area contributed by atoms with E-state index in [0.29, 0.717) is 0 Å². The third-order valence-electron chi connectivity index (χ3n) is 5.91. The highest BCUT2D eigenvalue weighted by molar-refractivity contribution is 7.91. The van der Waals surface area contributed by atoms with Gasteiger partial charge in [0.05, 0.1) is 5.25 Å². The number of aryl methyl sites for hydroxylation is 2. The molecule has 0 saturated heterocycles. The Morgan fingerprint density at radius 2 is 1.60 bits per heavy atom. The zero-order valence-corrected chi connectivity index (χ0v) is 23.9. The summed E-state index contributed by atoms with van der Waals surface area (Å²) >= 11 is 0. The molecule has 0 aliphatic rings. The Hall–Kier alpha value is -4.38. The van der Waals surface area contributed by atoms with Gasteiger partial charge in [-0.25, -0.2) is 32.0 Å². The van der Waals surface area contributed by atoms with Crippen LogP contribution in [0.4, 0.5) is 22.0 Å². The molecule has 3 aromatic heterocycles. The van der Waals surface area contributed by atoms with E-state index in [0.717, 1.165) is 27.8 Å². The quantitative estimate of drug-likeness (QED) is 0.279. The number of benzene rings is 1. The number of carboxylic acids is 1. The van der Waals surface area contributed by atoms with Gasteiger partial charge in [0, 0.05) is 25.7 Å². The van der Waals surface area contributed by atoms with E-state index in [1.165, 1.54) is 26.3 Å². The summed E-state index contributed by atoms with van der Waals surface area (Å²) < 4.78 is 94.9. The van der Waals surface area contributed by atoms with Gasteiger partial charge in [0.1, 0.15) is 34.9 Å². The van der Waals surface area contributed by atoms with Crippen LogP contribution >= 0.6 is 0 Å². The van der Waals surface area contributed by atoms with Crippen LogP contribution in [0.25, 0.3) is 17.2 Å². The summed E-state index contributed by atoms with van der Waals surface area (Å²) in [5.41, 5.74) is 1.42. The first-order valence-electron chi connectivity index (χ1n) is 12.2. The molecule has 1 N–H and O–H groups in total. The summed E-state index contributed by atoms with van der Waals surface area (Å²) in [6.07, 6.45) is -1.42. The van der Waals surface area contributed by atoms with Crippen LogP contribution in [0, 0.1) is 25.5 Å². The number of nitrogens with zero attached hydrogens (tertiary/aromatic N) is 6. The molecule has 4 aromatic rings. The summed E-state index contributed by atoms with van der Waals surface area (Å²) in [5, 5.41) is 14.1. The second kappa shape index (κ2) is 13.3. The highest BCUT2D eigenvalue weighted by Gasteiger charge is 2.38. The Bertz CT molecular complexity index is 1680. The minimum atomic E-state index is -5.08. The first-order chi connectivity index (χ1) is 20.1. The Morgan fingerprint density at radius 3 is 2.12 bits per heavy atom. The monoisotopic (exact) mass is 628 g/mol. The molecular weight excluding hydrogens is 603 g/mol. The summed E-state index contributed by atoms with van der Waals surface area (Å²) in [7, 11) is -2.65. The van der Waals surface area contributed by atoms with Gasteiger partial charge in [0.25, 0.3) is 0 Å². The van der Waals surface area contributed by atoms with Crippen molar-refractivity contribution in [3.63, 3.8) is 0 Å². The minimum absolute atomic E-state index is 0.00529. The van der Waals surface area contributed by atoms with Crippen LogP contribution in [0.15, 0.2) is 48.9 Å². The first kappa shape index (κ1) is 33.1. The molecule has 2 atom stereocenters. The Labute approximate surface area is 242 Å². The summed E-state index contributed by atoms with van der Waals surface area (Å²) in [6.45, 7) is 5.09. The van der Waals surface area contributed by atoms with Crippen molar-refractivity contribution in [1.82, 2.24) is 29.7 Å². The van der Waals surface area contributed by atoms with Gasteiger partial charge in [0.2, 0.25) is 0 Å². The Morgan fingerprint density at radius 1 is 1.02 bits per heavy atom. The largest absolute Gasteiger partial charge is 0.490 e. The molecule has 17 heteroatoms. The van der Waals surface area contributed by atoms with E-state index >= 15 is 0 Å². The average Bonchev–Trinajstić information content (AvgIpc) is 3.32. The maximum Gasteiger partial charge on any atom is 0.490 e. The molecule has 0 unspecified atom stereocenters. The lowest BCUT2D eigenvalue weighted by Crippen LogP contribution is -2.30. The number of hydrogen-bond donors (Lipinski definition) is 1. The van der Waals surface area contributed by atoms with Gasteiger partial charge >= 0.3 is 12.1 Å². The predicted molar refractivity (Wildman–Crippen MR) is 142 cm³/mol. The SMILES string of the molecule is CO[C@H](c1ncc(C)cn1)[C@H](C)S(=O)(=O)Cc1nnc(-c2cc(C)ccn2)n1-c1c(F)cccc1F.O=C(O)C(F)(F)F. The number of rotatable bonds is 8. The molecule has 0 saturated carbocycles. The van der Waals surface area contributed by atoms with Crippen molar-refractivity contribution < 1.29 is 45.0 Å². The van der Waals surface area contributed by atoms with Crippen LogP contribution in [0.3, 0.4) is 0 Å². The van der Waals surface area contributed by atoms with E-state index in [-0.39, 0.29) is 23.2 Å². The second-order valence-electron chi connectivity index (χ2n) is 9.15. The molecular formula is C26H25F5N6O5S. The highest BCUT2D eigenvalue weighted by Crippen LogP contribution is 2.29. The third-order valence-corrected chi connectivity index (χ3v) is 7.95. The minimum Gasteiger partial charge on any atom is -0.475 e. The topological polar surface area (TPSA) is 150 Å². The molecule has 0 aliphatic heterocycles. The van der Waals surface area contributed by atoms with Crippen molar-refractivity contribution in [1.29, 1.82) is 0 Å². The fraction of sp³-hybridized carbons (Fsp3) is 0.308. The molecule has 0 radical (unpaired) electrons. The maximum atomic E-state index is 14.9. The molecule has 0 spiro atoms. The number of sulfone groups is 1. The average molecular weight is 629 g/mol. The van der Waals surface area contributed by atoms with E-state index < -0.39 is 56.4 Å². The summed E-state index contributed by atoms with van der Waals surface area (Å²) in [4.78, 5) is 21.5. The van der Waals surface area contributed by atoms with Crippen LogP contribution < -0.4 is 0 Å². The molecule has 0 bridgehead atoms. The van der Waals surface area contributed by atoms with Gasteiger partial charge in [0.15, 0.2) is 27.3 Å². The lowest BCUT2D eigenvalue weighted by atomic mass is 10.2. The van der Waals surface area contributed by atoms with Crippen molar-refractivity contribution in [2.45, 2.75) is 44.1 Å². The molecule has 3 heterocycles. The van der Waals surface area contributed by atoms with Crippen LogP contribution in [-0.4, -0.2) is 67.7 Å². The van der Waals surface area contributed by atoms with Crippen LogP contribution in [0.2, 0.25) is 0 Å². The van der Waals surface area contributed by atoms with E-state index in [2.05, 4.69) is 25.1 Å². The van der Waals surface area contributed by atoms with Gasteiger partial charge in [-0.3, -0.25) is 9.55 Å². The molecule has 4 rings (SSSR count). The van der Waals surface area contributed by atoms with Crippen molar-refractivity contribution in [3.8, 4) is 17.2 Å². The number of aliphatic carboxylic acids is 1. The van der Waals surface area contributed by atoms with Gasteiger partial charge in [-0.15, -0.1) is 10.2 Å². The molecule has 0 aliphatic carbocycles. The molecule has 43 heavy (non-hydrogen) atoms. The van der Waals surface area contributed by atoms with Crippen LogP contribution in [-0.2, 0) is 25.1 Å². The third kappa shape index (κ3) is 7.92.